The number of ketones is 1. The fraction of sp³-hybridized carbons (Fsp3) is 0.565. The molecule has 0 atom stereocenters. The second-order valence-corrected chi connectivity index (χ2v) is 11.6. The number of hydrogen-bond acceptors (Lipinski definition) is 3. The van der Waals surface area contributed by atoms with Crippen molar-refractivity contribution in [1.29, 1.82) is 0 Å². The van der Waals surface area contributed by atoms with Crippen molar-refractivity contribution >= 4 is 20.2 Å². The first-order chi connectivity index (χ1) is 12.5. The summed E-state index contributed by atoms with van der Waals surface area (Å²) in [4.78, 5) is 13.0. The van der Waals surface area contributed by atoms with E-state index in [1.807, 2.05) is 51.1 Å². The van der Waals surface area contributed by atoms with Crippen LogP contribution in [0.5, 0.6) is 0 Å². The lowest BCUT2D eigenvalue weighted by atomic mass is 9.84. The lowest BCUT2D eigenvalue weighted by Gasteiger charge is -2.32. The Balaban J connectivity index is 2.35. The average molecular weight is 389 g/mol. The Kier molecular flexibility index (Phi) is 6.94. The van der Waals surface area contributed by atoms with Gasteiger partial charge in [-0.2, -0.15) is 0 Å². The van der Waals surface area contributed by atoms with Gasteiger partial charge in [-0.05, 0) is 40.8 Å². The molecule has 1 aliphatic carbocycles. The number of carbonyl (C=O) groups is 1. The van der Waals surface area contributed by atoms with E-state index in [-0.39, 0.29) is 10.6 Å². The van der Waals surface area contributed by atoms with Crippen molar-refractivity contribution in [1.82, 2.24) is 0 Å². The van der Waals surface area contributed by atoms with Crippen molar-refractivity contribution in [3.05, 3.63) is 35.9 Å². The maximum Gasteiger partial charge on any atom is 0.184 e. The van der Waals surface area contributed by atoms with Gasteiger partial charge in [0.05, 0.1) is 6.61 Å². The van der Waals surface area contributed by atoms with Gasteiger partial charge in [-0.3, -0.25) is 9.00 Å². The van der Waals surface area contributed by atoms with Crippen LogP contribution in [-0.2, 0) is 25.7 Å². The summed E-state index contributed by atoms with van der Waals surface area (Å²) in [5.74, 6) is 6.15. The van der Waals surface area contributed by atoms with Crippen LogP contribution in [0.3, 0.4) is 0 Å². The minimum absolute atomic E-state index is 0.140. The minimum atomic E-state index is -2.45. The molecule has 3 nitrogen and oxygen atoms in total. The van der Waals surface area contributed by atoms with Gasteiger partial charge in [-0.15, -0.1) is 0 Å². The zero-order chi connectivity index (χ0) is 20.1. The van der Waals surface area contributed by atoms with Crippen molar-refractivity contribution < 1.29 is 13.7 Å². The SMILES string of the molecule is CC(C)(C)C(=O)C(C#CC1(OCc2ccccc2)CCCCC1)=S(C)(C)=O. The molecule has 0 heterocycles. The molecule has 1 aliphatic rings. The monoisotopic (exact) mass is 388 g/mol. The van der Waals surface area contributed by atoms with Gasteiger partial charge in [0.1, 0.15) is 10.5 Å². The van der Waals surface area contributed by atoms with Crippen LogP contribution in [0.4, 0.5) is 0 Å². The van der Waals surface area contributed by atoms with E-state index in [1.165, 1.54) is 6.42 Å². The number of hydrogen-bond donors (Lipinski definition) is 0. The van der Waals surface area contributed by atoms with Gasteiger partial charge in [0.15, 0.2) is 5.78 Å². The van der Waals surface area contributed by atoms with Crippen molar-refractivity contribution in [2.45, 2.75) is 65.1 Å². The molecule has 0 aromatic heterocycles. The fourth-order valence-electron chi connectivity index (χ4n) is 3.14. The molecule has 0 unspecified atom stereocenters. The summed E-state index contributed by atoms with van der Waals surface area (Å²) in [7, 11) is -2.45. The molecule has 148 valence electrons. The van der Waals surface area contributed by atoms with Crippen LogP contribution in [-0.4, -0.2) is 33.0 Å². The molecule has 0 bridgehead atoms. The third kappa shape index (κ3) is 6.23. The van der Waals surface area contributed by atoms with Gasteiger partial charge >= 0.3 is 0 Å². The molecule has 0 saturated heterocycles. The maximum atomic E-state index is 12.8. The van der Waals surface area contributed by atoms with E-state index in [0.29, 0.717) is 6.61 Å². The highest BCUT2D eigenvalue weighted by molar-refractivity contribution is 8.02. The van der Waals surface area contributed by atoms with E-state index in [2.05, 4.69) is 11.8 Å². The number of rotatable bonds is 4. The predicted molar refractivity (Wildman–Crippen MR) is 114 cm³/mol. The van der Waals surface area contributed by atoms with E-state index in [0.717, 1.165) is 31.2 Å². The molecular weight excluding hydrogens is 356 g/mol. The standard InChI is InChI=1S/C23H32O3S/c1-22(2,3)21(24)20(27(4,5)25)14-17-23(15-10-7-11-16-23)26-18-19-12-8-6-9-13-19/h6,8-9,12-13H,7,10-11,15-16,18H2,1-5H3. The van der Waals surface area contributed by atoms with E-state index in [9.17, 15) is 9.00 Å². The summed E-state index contributed by atoms with van der Waals surface area (Å²) in [6.07, 6.45) is 8.17. The summed E-state index contributed by atoms with van der Waals surface area (Å²) >= 11 is 0. The third-order valence-corrected chi connectivity index (χ3v) is 6.07. The van der Waals surface area contributed by atoms with Crippen LogP contribution in [0, 0.1) is 17.3 Å². The highest BCUT2D eigenvalue weighted by Crippen LogP contribution is 2.32. The highest BCUT2D eigenvalue weighted by Gasteiger charge is 2.32. The van der Waals surface area contributed by atoms with Crippen LogP contribution in [0.15, 0.2) is 30.3 Å². The summed E-state index contributed by atoms with van der Waals surface area (Å²) in [5, 5.41) is 0. The highest BCUT2D eigenvalue weighted by atomic mass is 32.2. The summed E-state index contributed by atoms with van der Waals surface area (Å²) in [6.45, 7) is 6.01. The van der Waals surface area contributed by atoms with Crippen molar-refractivity contribution in [2.24, 2.45) is 5.41 Å². The largest absolute Gasteiger partial charge is 0.358 e. The number of benzene rings is 1. The molecule has 1 aromatic carbocycles. The Labute approximate surface area is 164 Å². The molecule has 2 rings (SSSR count). The molecule has 1 saturated carbocycles. The Morgan fingerprint density at radius 1 is 1.11 bits per heavy atom. The molecular formula is C23H32O3S. The first kappa shape index (κ1) is 21.7. The quantitative estimate of drug-likeness (QED) is 0.572. The van der Waals surface area contributed by atoms with Crippen LogP contribution in [0.1, 0.15) is 58.4 Å². The first-order valence-corrected chi connectivity index (χ1v) is 12.0. The predicted octanol–water partition coefficient (Wildman–Crippen LogP) is 4.24. The maximum absolute atomic E-state index is 12.8. The average Bonchev–Trinajstić information content (AvgIpc) is 2.60. The molecule has 0 aliphatic heterocycles. The normalized spacial score (nSPS) is 16.9. The Morgan fingerprint density at radius 3 is 2.22 bits per heavy atom. The second-order valence-electron chi connectivity index (χ2n) is 8.72. The molecule has 27 heavy (non-hydrogen) atoms. The zero-order valence-corrected chi connectivity index (χ0v) is 18.1. The number of ether oxygens (including phenoxy) is 1. The lowest BCUT2D eigenvalue weighted by Crippen LogP contribution is -2.35. The molecule has 0 spiro atoms. The van der Waals surface area contributed by atoms with Crippen LogP contribution in [0.25, 0.3) is 0 Å². The summed E-state index contributed by atoms with van der Waals surface area (Å²) in [6, 6.07) is 10.0. The Hall–Kier alpha value is -1.57. The third-order valence-electron chi connectivity index (χ3n) is 4.80. The molecule has 0 radical (unpaired) electrons. The van der Waals surface area contributed by atoms with Crippen LogP contribution >= 0.6 is 0 Å². The van der Waals surface area contributed by atoms with E-state index < -0.39 is 20.5 Å². The van der Waals surface area contributed by atoms with Gasteiger partial charge in [0.2, 0.25) is 0 Å². The molecule has 0 N–H and O–H groups in total. The second kappa shape index (κ2) is 8.63. The smallest absolute Gasteiger partial charge is 0.184 e. The topological polar surface area (TPSA) is 43.4 Å². The van der Waals surface area contributed by atoms with Gasteiger partial charge in [0.25, 0.3) is 0 Å². The Bertz CT molecular complexity index is 827. The molecule has 1 aromatic rings. The van der Waals surface area contributed by atoms with Gasteiger partial charge in [0, 0.05) is 17.9 Å². The van der Waals surface area contributed by atoms with E-state index in [4.69, 9.17) is 4.74 Å². The number of carbonyl (C=O) groups excluding carboxylic acids is 1. The zero-order valence-electron chi connectivity index (χ0n) is 17.3. The Morgan fingerprint density at radius 2 is 1.70 bits per heavy atom. The molecule has 4 heteroatoms. The van der Waals surface area contributed by atoms with Crippen molar-refractivity contribution in [3.63, 3.8) is 0 Å². The first-order valence-electron chi connectivity index (χ1n) is 9.61. The molecule has 0 amide bonds. The number of Topliss-reactive ketones (excluding diaryl/α,β-unsaturated/α-hetero) is 1. The van der Waals surface area contributed by atoms with Crippen molar-refractivity contribution in [3.8, 4) is 11.8 Å². The minimum Gasteiger partial charge on any atom is -0.358 e. The van der Waals surface area contributed by atoms with Gasteiger partial charge in [-0.1, -0.05) is 69.4 Å². The van der Waals surface area contributed by atoms with Crippen molar-refractivity contribution in [2.75, 3.05) is 12.5 Å². The van der Waals surface area contributed by atoms with Gasteiger partial charge < -0.3 is 4.74 Å². The summed E-state index contributed by atoms with van der Waals surface area (Å²) < 4.78 is 19.0. The van der Waals surface area contributed by atoms with E-state index in [1.54, 1.807) is 12.5 Å². The van der Waals surface area contributed by atoms with Crippen LogP contribution < -0.4 is 0 Å². The van der Waals surface area contributed by atoms with Gasteiger partial charge in [-0.25, -0.2) is 0 Å². The molecule has 1 fully saturated rings. The fourth-order valence-corrected chi connectivity index (χ4v) is 4.19. The van der Waals surface area contributed by atoms with E-state index >= 15 is 0 Å². The van der Waals surface area contributed by atoms with Crippen LogP contribution in [0.2, 0.25) is 0 Å². The lowest BCUT2D eigenvalue weighted by molar-refractivity contribution is -0.119. The summed E-state index contributed by atoms with van der Waals surface area (Å²) in [5.41, 5.74) is -0.0695.